The van der Waals surface area contributed by atoms with Crippen molar-refractivity contribution in [2.75, 3.05) is 19.3 Å². The molecule has 0 aliphatic heterocycles. The van der Waals surface area contributed by atoms with Crippen LogP contribution in [-0.2, 0) is 10.0 Å². The molecular weight excluding hydrogens is 266 g/mol. The second kappa shape index (κ2) is 5.95. The number of hydrogen-bond donors (Lipinski definition) is 2. The van der Waals surface area contributed by atoms with E-state index in [0.29, 0.717) is 0 Å². The Hall–Kier alpha value is -1.18. The zero-order valence-corrected chi connectivity index (χ0v) is 10.7. The van der Waals surface area contributed by atoms with Crippen molar-refractivity contribution in [2.45, 2.75) is 0 Å². The lowest BCUT2D eigenvalue weighted by Gasteiger charge is -2.06. The second-order valence-corrected chi connectivity index (χ2v) is 5.46. The third-order valence-electron chi connectivity index (χ3n) is 1.78. The summed E-state index contributed by atoms with van der Waals surface area (Å²) in [5.41, 5.74) is 0.258. The van der Waals surface area contributed by atoms with Crippen LogP contribution in [0.5, 0.6) is 0 Å². The summed E-state index contributed by atoms with van der Waals surface area (Å²) in [6.07, 6.45) is 2.52. The first-order valence-corrected chi connectivity index (χ1v) is 7.00. The second-order valence-electron chi connectivity index (χ2n) is 3.26. The van der Waals surface area contributed by atoms with Gasteiger partial charge in [-0.2, -0.15) is 0 Å². The van der Waals surface area contributed by atoms with Crippen LogP contribution in [0.3, 0.4) is 0 Å². The molecule has 0 radical (unpaired) electrons. The van der Waals surface area contributed by atoms with Gasteiger partial charge in [0.05, 0.1) is 11.8 Å². The fraction of sp³-hybridized carbons (Fsp3) is 0.333. The summed E-state index contributed by atoms with van der Waals surface area (Å²) >= 11 is 5.72. The van der Waals surface area contributed by atoms with E-state index in [2.05, 4.69) is 15.0 Å². The SMILES string of the molecule is CS(=O)(=O)NCCNC(=O)c1cccnc1Cl. The minimum absolute atomic E-state index is 0.112. The molecule has 0 saturated heterocycles. The summed E-state index contributed by atoms with van der Waals surface area (Å²) in [6.45, 7) is 0.305. The maximum Gasteiger partial charge on any atom is 0.254 e. The predicted molar refractivity (Wildman–Crippen MR) is 64.4 cm³/mol. The number of amides is 1. The van der Waals surface area contributed by atoms with Crippen LogP contribution in [0.25, 0.3) is 0 Å². The average molecular weight is 278 g/mol. The Labute approximate surface area is 104 Å². The number of carbonyl (C=O) groups is 1. The number of hydrogen-bond acceptors (Lipinski definition) is 4. The molecule has 8 heteroatoms. The third-order valence-corrected chi connectivity index (χ3v) is 2.81. The van der Waals surface area contributed by atoms with Crippen LogP contribution < -0.4 is 10.0 Å². The highest BCUT2D eigenvalue weighted by Crippen LogP contribution is 2.10. The van der Waals surface area contributed by atoms with E-state index in [4.69, 9.17) is 11.6 Å². The van der Waals surface area contributed by atoms with Gasteiger partial charge in [-0.05, 0) is 12.1 Å². The predicted octanol–water partition coefficient (Wildman–Crippen LogP) is 0.0140. The minimum Gasteiger partial charge on any atom is -0.351 e. The smallest absolute Gasteiger partial charge is 0.254 e. The maximum atomic E-state index is 11.6. The van der Waals surface area contributed by atoms with E-state index >= 15 is 0 Å². The number of nitrogens with zero attached hydrogens (tertiary/aromatic N) is 1. The van der Waals surface area contributed by atoms with Crippen molar-refractivity contribution in [1.82, 2.24) is 15.0 Å². The first-order chi connectivity index (χ1) is 7.90. The van der Waals surface area contributed by atoms with Gasteiger partial charge in [-0.15, -0.1) is 0 Å². The molecule has 1 heterocycles. The molecule has 0 spiro atoms. The Morgan fingerprint density at radius 1 is 1.47 bits per heavy atom. The molecule has 2 N–H and O–H groups in total. The van der Waals surface area contributed by atoms with Gasteiger partial charge in [0.15, 0.2) is 0 Å². The minimum atomic E-state index is -3.23. The highest BCUT2D eigenvalue weighted by molar-refractivity contribution is 7.88. The molecule has 1 aromatic heterocycles. The van der Waals surface area contributed by atoms with Gasteiger partial charge in [-0.3, -0.25) is 4.79 Å². The van der Waals surface area contributed by atoms with E-state index in [1.54, 1.807) is 6.07 Å². The standard InChI is InChI=1S/C9H12ClN3O3S/c1-17(15,16)13-6-5-12-9(14)7-3-2-4-11-8(7)10/h2-4,13H,5-6H2,1H3,(H,12,14). The van der Waals surface area contributed by atoms with Crippen LogP contribution in [0.15, 0.2) is 18.3 Å². The zero-order chi connectivity index (χ0) is 12.9. The molecule has 0 fully saturated rings. The average Bonchev–Trinajstić information content (AvgIpc) is 2.23. The van der Waals surface area contributed by atoms with Crippen LogP contribution in [0.4, 0.5) is 0 Å². The van der Waals surface area contributed by atoms with Crippen molar-refractivity contribution in [3.63, 3.8) is 0 Å². The molecular formula is C9H12ClN3O3S. The van der Waals surface area contributed by atoms with Crippen molar-refractivity contribution >= 4 is 27.5 Å². The summed E-state index contributed by atoms with van der Waals surface area (Å²) in [5.74, 6) is -0.390. The largest absolute Gasteiger partial charge is 0.351 e. The molecule has 1 amide bonds. The Morgan fingerprint density at radius 3 is 2.76 bits per heavy atom. The Morgan fingerprint density at radius 2 is 2.18 bits per heavy atom. The number of rotatable bonds is 5. The molecule has 0 aliphatic rings. The first-order valence-electron chi connectivity index (χ1n) is 4.73. The van der Waals surface area contributed by atoms with Crippen LogP contribution in [0, 0.1) is 0 Å². The summed E-state index contributed by atoms with van der Waals surface area (Å²) < 4.78 is 23.7. The van der Waals surface area contributed by atoms with Crippen molar-refractivity contribution in [1.29, 1.82) is 0 Å². The lowest BCUT2D eigenvalue weighted by molar-refractivity contribution is 0.0954. The molecule has 0 saturated carbocycles. The van der Waals surface area contributed by atoms with Gasteiger partial charge in [-0.25, -0.2) is 18.1 Å². The molecule has 0 bridgehead atoms. The fourth-order valence-electron chi connectivity index (χ4n) is 1.06. The van der Waals surface area contributed by atoms with Crippen LogP contribution >= 0.6 is 11.6 Å². The molecule has 0 aromatic carbocycles. The summed E-state index contributed by atoms with van der Waals surface area (Å²) in [4.78, 5) is 15.3. The van der Waals surface area contributed by atoms with Gasteiger partial charge in [0, 0.05) is 19.3 Å². The number of carbonyl (C=O) groups excluding carboxylic acids is 1. The molecule has 94 valence electrons. The summed E-state index contributed by atoms with van der Waals surface area (Å²) in [7, 11) is -3.23. The van der Waals surface area contributed by atoms with E-state index < -0.39 is 15.9 Å². The Balaban J connectivity index is 2.44. The highest BCUT2D eigenvalue weighted by atomic mass is 35.5. The van der Waals surface area contributed by atoms with E-state index in [0.717, 1.165) is 6.26 Å². The van der Waals surface area contributed by atoms with Crippen molar-refractivity contribution in [2.24, 2.45) is 0 Å². The Bertz CT molecular complexity index is 504. The van der Waals surface area contributed by atoms with Crippen LogP contribution in [0.1, 0.15) is 10.4 Å². The molecule has 1 aromatic rings. The quantitative estimate of drug-likeness (QED) is 0.586. The first kappa shape index (κ1) is 13.9. The topological polar surface area (TPSA) is 88.2 Å². The van der Waals surface area contributed by atoms with Gasteiger partial charge in [0.25, 0.3) is 5.91 Å². The number of sulfonamides is 1. The molecule has 17 heavy (non-hydrogen) atoms. The maximum absolute atomic E-state index is 11.6. The number of nitrogens with one attached hydrogen (secondary N) is 2. The molecule has 0 atom stereocenters. The highest BCUT2D eigenvalue weighted by Gasteiger charge is 2.09. The van der Waals surface area contributed by atoms with E-state index in [-0.39, 0.29) is 23.8 Å². The number of halogens is 1. The van der Waals surface area contributed by atoms with Crippen LogP contribution in [0.2, 0.25) is 5.15 Å². The van der Waals surface area contributed by atoms with Gasteiger partial charge >= 0.3 is 0 Å². The zero-order valence-electron chi connectivity index (χ0n) is 9.10. The van der Waals surface area contributed by atoms with Crippen LogP contribution in [-0.4, -0.2) is 38.7 Å². The van der Waals surface area contributed by atoms with E-state index in [1.165, 1.54) is 12.3 Å². The van der Waals surface area contributed by atoms with Gasteiger partial charge in [0.1, 0.15) is 5.15 Å². The van der Waals surface area contributed by atoms with E-state index in [9.17, 15) is 13.2 Å². The van der Waals surface area contributed by atoms with Gasteiger partial charge in [0.2, 0.25) is 10.0 Å². The molecule has 0 aliphatic carbocycles. The normalized spacial score (nSPS) is 11.2. The van der Waals surface area contributed by atoms with Crippen molar-refractivity contribution in [3.05, 3.63) is 29.0 Å². The number of aromatic nitrogens is 1. The lowest BCUT2D eigenvalue weighted by atomic mass is 10.3. The monoisotopic (exact) mass is 277 g/mol. The molecule has 1 rings (SSSR count). The Kier molecular flexibility index (Phi) is 4.86. The van der Waals surface area contributed by atoms with Gasteiger partial charge < -0.3 is 5.32 Å². The number of pyridine rings is 1. The van der Waals surface area contributed by atoms with Gasteiger partial charge in [-0.1, -0.05) is 11.6 Å². The van der Waals surface area contributed by atoms with E-state index in [1.807, 2.05) is 0 Å². The molecule has 6 nitrogen and oxygen atoms in total. The van der Waals surface area contributed by atoms with Crippen molar-refractivity contribution in [3.8, 4) is 0 Å². The third kappa shape index (κ3) is 5.12. The lowest BCUT2D eigenvalue weighted by Crippen LogP contribution is -2.34. The summed E-state index contributed by atoms with van der Waals surface area (Å²) in [5, 5.41) is 2.63. The van der Waals surface area contributed by atoms with Crippen molar-refractivity contribution < 1.29 is 13.2 Å². The molecule has 0 unspecified atom stereocenters. The summed E-state index contributed by atoms with van der Waals surface area (Å²) in [6, 6.07) is 3.13. The fourth-order valence-corrected chi connectivity index (χ4v) is 1.74.